The molecule has 0 aliphatic rings. The van der Waals surface area contributed by atoms with Gasteiger partial charge in [-0.3, -0.25) is 0 Å². The van der Waals surface area contributed by atoms with E-state index in [4.69, 9.17) is 28.9 Å². The number of hydrogen-bond acceptors (Lipinski definition) is 4. The van der Waals surface area contributed by atoms with Crippen LogP contribution in [0.3, 0.4) is 0 Å². The molecule has 0 saturated carbocycles. The van der Waals surface area contributed by atoms with Crippen LogP contribution >= 0.6 is 23.2 Å². The Morgan fingerprint density at radius 3 is 2.39 bits per heavy atom. The highest BCUT2D eigenvalue weighted by Crippen LogP contribution is 2.26. The lowest BCUT2D eigenvalue weighted by molar-refractivity contribution is 0.145. The van der Waals surface area contributed by atoms with Gasteiger partial charge < -0.3 is 5.73 Å². The molecule has 0 bridgehead atoms. The van der Waals surface area contributed by atoms with Crippen molar-refractivity contribution in [2.75, 3.05) is 5.73 Å². The van der Waals surface area contributed by atoms with Crippen molar-refractivity contribution in [3.05, 3.63) is 34.2 Å². The van der Waals surface area contributed by atoms with E-state index in [0.29, 0.717) is 10.7 Å². The molecule has 2 aromatic rings. The first kappa shape index (κ1) is 12.9. The molecule has 2 N–H and O–H groups in total. The van der Waals surface area contributed by atoms with Gasteiger partial charge in [-0.25, -0.2) is 23.7 Å². The maximum atomic E-state index is 12.4. The number of alkyl halides is 2. The lowest BCUT2D eigenvalue weighted by atomic mass is 10.2. The largest absolute Gasteiger partial charge is 0.382 e. The number of rotatable bonds is 2. The molecule has 4 nitrogen and oxygen atoms in total. The molecule has 0 fully saturated rings. The summed E-state index contributed by atoms with van der Waals surface area (Å²) in [6.45, 7) is 0. The molecule has 2 heterocycles. The minimum Gasteiger partial charge on any atom is -0.382 e. The molecule has 0 saturated heterocycles. The molecule has 94 valence electrons. The fraction of sp³-hybridized carbons (Fsp3) is 0.100. The molecule has 0 aromatic carbocycles. The Balaban J connectivity index is 2.45. The van der Waals surface area contributed by atoms with E-state index in [2.05, 4.69) is 15.0 Å². The first-order chi connectivity index (χ1) is 8.49. The summed E-state index contributed by atoms with van der Waals surface area (Å²) in [5.41, 5.74) is 5.56. The molecule has 8 heteroatoms. The van der Waals surface area contributed by atoms with Crippen LogP contribution in [-0.4, -0.2) is 15.0 Å². The Morgan fingerprint density at radius 1 is 1.11 bits per heavy atom. The molecule has 0 unspecified atom stereocenters. The van der Waals surface area contributed by atoms with Gasteiger partial charge >= 0.3 is 0 Å². The Labute approximate surface area is 111 Å². The van der Waals surface area contributed by atoms with Crippen molar-refractivity contribution in [3.63, 3.8) is 0 Å². The SMILES string of the molecule is Nc1nc(-c2cnc(C(F)F)c(Cl)n2)ccc1Cl. The van der Waals surface area contributed by atoms with Crippen LogP contribution < -0.4 is 5.73 Å². The molecule has 0 amide bonds. The Bertz CT molecular complexity index is 592. The molecule has 0 spiro atoms. The fourth-order valence-corrected chi connectivity index (χ4v) is 1.57. The van der Waals surface area contributed by atoms with Gasteiger partial charge in [-0.05, 0) is 12.1 Å². The highest BCUT2D eigenvalue weighted by atomic mass is 35.5. The summed E-state index contributed by atoms with van der Waals surface area (Å²) < 4.78 is 24.9. The molecule has 2 aromatic heterocycles. The topological polar surface area (TPSA) is 64.7 Å². The molecule has 2 rings (SSSR count). The van der Waals surface area contributed by atoms with Crippen molar-refractivity contribution in [2.45, 2.75) is 6.43 Å². The quantitative estimate of drug-likeness (QED) is 0.921. The van der Waals surface area contributed by atoms with Crippen LogP contribution in [0.5, 0.6) is 0 Å². The van der Waals surface area contributed by atoms with Gasteiger partial charge in [0.15, 0.2) is 5.15 Å². The number of halogens is 4. The first-order valence-corrected chi connectivity index (χ1v) is 5.47. The van der Waals surface area contributed by atoms with E-state index in [-0.39, 0.29) is 16.7 Å². The van der Waals surface area contributed by atoms with Crippen LogP contribution in [0.25, 0.3) is 11.4 Å². The summed E-state index contributed by atoms with van der Waals surface area (Å²) in [6.07, 6.45) is -1.62. The van der Waals surface area contributed by atoms with Gasteiger partial charge in [0, 0.05) is 0 Å². The second kappa shape index (κ2) is 4.99. The fourth-order valence-electron chi connectivity index (χ4n) is 1.25. The van der Waals surface area contributed by atoms with Crippen LogP contribution in [0.4, 0.5) is 14.6 Å². The van der Waals surface area contributed by atoms with Crippen LogP contribution in [0, 0.1) is 0 Å². The van der Waals surface area contributed by atoms with Gasteiger partial charge in [0.1, 0.15) is 17.2 Å². The standard InChI is InChI=1S/C10H6Cl2F2N4/c11-4-1-2-5(18-10(4)15)6-3-16-7(9(13)14)8(12)17-6/h1-3,9H,(H2,15,18). The van der Waals surface area contributed by atoms with Gasteiger partial charge in [0.05, 0.1) is 16.9 Å². The number of hydrogen-bond donors (Lipinski definition) is 1. The van der Waals surface area contributed by atoms with E-state index in [0.717, 1.165) is 6.20 Å². The number of nitrogens with two attached hydrogens (primary N) is 1. The summed E-state index contributed by atoms with van der Waals surface area (Å²) in [4.78, 5) is 11.3. The summed E-state index contributed by atoms with van der Waals surface area (Å²) in [5.74, 6) is 0.116. The van der Waals surface area contributed by atoms with Crippen LogP contribution in [-0.2, 0) is 0 Å². The first-order valence-electron chi connectivity index (χ1n) is 4.72. The lowest BCUT2D eigenvalue weighted by Crippen LogP contribution is -1.99. The summed E-state index contributed by atoms with van der Waals surface area (Å²) >= 11 is 11.3. The third-order valence-electron chi connectivity index (χ3n) is 2.10. The predicted octanol–water partition coefficient (Wildman–Crippen LogP) is 3.37. The molecular formula is C10H6Cl2F2N4. The van der Waals surface area contributed by atoms with Crippen molar-refractivity contribution < 1.29 is 8.78 Å². The van der Waals surface area contributed by atoms with Gasteiger partial charge in [-0.15, -0.1) is 0 Å². The average Bonchev–Trinajstić information content (AvgIpc) is 2.32. The van der Waals surface area contributed by atoms with Crippen LogP contribution in [0.1, 0.15) is 12.1 Å². The van der Waals surface area contributed by atoms with E-state index < -0.39 is 12.1 Å². The van der Waals surface area contributed by atoms with E-state index in [1.54, 1.807) is 6.07 Å². The third-order valence-corrected chi connectivity index (χ3v) is 2.70. The summed E-state index contributed by atoms with van der Waals surface area (Å²) in [5, 5.41) is -0.0696. The maximum Gasteiger partial charge on any atom is 0.283 e. The zero-order valence-electron chi connectivity index (χ0n) is 8.74. The molecule has 0 aliphatic carbocycles. The molecular weight excluding hydrogens is 285 g/mol. The highest BCUT2D eigenvalue weighted by Gasteiger charge is 2.16. The Hall–Kier alpha value is -1.53. The lowest BCUT2D eigenvalue weighted by Gasteiger charge is -2.05. The number of nitrogens with zero attached hydrogens (tertiary/aromatic N) is 3. The van der Waals surface area contributed by atoms with E-state index in [1.807, 2.05) is 0 Å². The van der Waals surface area contributed by atoms with Gasteiger partial charge in [0.2, 0.25) is 0 Å². The van der Waals surface area contributed by atoms with E-state index in [1.165, 1.54) is 6.07 Å². The van der Waals surface area contributed by atoms with Crippen LogP contribution in [0.2, 0.25) is 10.2 Å². The zero-order valence-corrected chi connectivity index (χ0v) is 10.3. The normalized spacial score (nSPS) is 10.9. The number of pyridine rings is 1. The van der Waals surface area contributed by atoms with Crippen molar-refractivity contribution in [2.24, 2.45) is 0 Å². The molecule has 0 atom stereocenters. The number of anilines is 1. The van der Waals surface area contributed by atoms with Gasteiger partial charge in [-0.1, -0.05) is 23.2 Å². The Morgan fingerprint density at radius 2 is 1.83 bits per heavy atom. The predicted molar refractivity (Wildman–Crippen MR) is 64.7 cm³/mol. The van der Waals surface area contributed by atoms with Crippen molar-refractivity contribution in [3.8, 4) is 11.4 Å². The second-order valence-electron chi connectivity index (χ2n) is 3.30. The zero-order chi connectivity index (χ0) is 13.3. The van der Waals surface area contributed by atoms with Crippen molar-refractivity contribution >= 4 is 29.0 Å². The van der Waals surface area contributed by atoms with Crippen molar-refractivity contribution in [1.29, 1.82) is 0 Å². The second-order valence-corrected chi connectivity index (χ2v) is 4.06. The molecule has 0 aliphatic heterocycles. The van der Waals surface area contributed by atoms with Crippen molar-refractivity contribution in [1.82, 2.24) is 15.0 Å². The molecule has 0 radical (unpaired) electrons. The average molecular weight is 291 g/mol. The minimum absolute atomic E-state index is 0.116. The monoisotopic (exact) mass is 290 g/mol. The van der Waals surface area contributed by atoms with Gasteiger partial charge in [0.25, 0.3) is 6.43 Å². The summed E-state index contributed by atoms with van der Waals surface area (Å²) in [6, 6.07) is 3.07. The number of nitrogen functional groups attached to an aromatic ring is 1. The van der Waals surface area contributed by atoms with E-state index in [9.17, 15) is 8.78 Å². The molecule has 18 heavy (non-hydrogen) atoms. The maximum absolute atomic E-state index is 12.4. The smallest absolute Gasteiger partial charge is 0.283 e. The van der Waals surface area contributed by atoms with Crippen LogP contribution in [0.15, 0.2) is 18.3 Å². The number of aromatic nitrogens is 3. The minimum atomic E-state index is -2.78. The highest BCUT2D eigenvalue weighted by molar-refractivity contribution is 6.32. The Kier molecular flexibility index (Phi) is 3.58. The van der Waals surface area contributed by atoms with Gasteiger partial charge in [-0.2, -0.15) is 0 Å². The summed E-state index contributed by atoms with van der Waals surface area (Å²) in [7, 11) is 0. The van der Waals surface area contributed by atoms with E-state index >= 15 is 0 Å². The third kappa shape index (κ3) is 2.49.